The van der Waals surface area contributed by atoms with Gasteiger partial charge < -0.3 is 10.2 Å². The van der Waals surface area contributed by atoms with E-state index in [0.717, 1.165) is 0 Å². The molecule has 0 aromatic heterocycles. The van der Waals surface area contributed by atoms with E-state index >= 15 is 0 Å². The molecule has 0 spiro atoms. The van der Waals surface area contributed by atoms with Crippen LogP contribution in [0.1, 0.15) is 30.4 Å². The van der Waals surface area contributed by atoms with Gasteiger partial charge in [-0.3, -0.25) is 0 Å². The largest absolute Gasteiger partial charge is 0.310 e. The van der Waals surface area contributed by atoms with Crippen molar-refractivity contribution in [2.24, 2.45) is 0 Å². The molecule has 3 heteroatoms. The normalized spacial score (nSPS) is 28.1. The molecule has 1 saturated heterocycles. The second-order valence-corrected chi connectivity index (χ2v) is 7.04. The van der Waals surface area contributed by atoms with Gasteiger partial charge in [0, 0.05) is 23.1 Å². The van der Waals surface area contributed by atoms with Gasteiger partial charge in [-0.05, 0) is 69.0 Å². The Morgan fingerprint density at radius 1 is 1.21 bits per heavy atom. The molecule has 1 N–H and O–H groups in total. The van der Waals surface area contributed by atoms with Gasteiger partial charge in [0.15, 0.2) is 0 Å². The van der Waals surface area contributed by atoms with E-state index in [1.807, 2.05) is 0 Å². The molecule has 1 heterocycles. The molecule has 0 bridgehead atoms. The molecule has 1 aromatic carbocycles. The number of halogens is 1. The third kappa shape index (κ3) is 3.39. The number of hydrogen-bond donors (Lipinski definition) is 1. The molecule has 104 valence electrons. The first-order chi connectivity index (χ1) is 9.20. The van der Waals surface area contributed by atoms with Crippen LogP contribution in [0.15, 0.2) is 22.7 Å². The molecule has 1 aliphatic heterocycles. The fourth-order valence-electron chi connectivity index (χ4n) is 3.50. The lowest BCUT2D eigenvalue weighted by Gasteiger charge is -2.35. The van der Waals surface area contributed by atoms with E-state index in [-0.39, 0.29) is 0 Å². The lowest BCUT2D eigenvalue weighted by Crippen LogP contribution is -2.49. The van der Waals surface area contributed by atoms with Crippen LogP contribution in [0.3, 0.4) is 0 Å². The summed E-state index contributed by atoms with van der Waals surface area (Å²) in [6, 6.07) is 8.13. The summed E-state index contributed by atoms with van der Waals surface area (Å²) in [4.78, 5) is 2.45. The van der Waals surface area contributed by atoms with Crippen molar-refractivity contribution in [3.8, 4) is 0 Å². The second kappa shape index (κ2) is 5.94. The van der Waals surface area contributed by atoms with Crippen molar-refractivity contribution < 1.29 is 0 Å². The molecular weight excluding hydrogens is 300 g/mol. The Bertz CT molecular complexity index is 446. The standard InChI is InChI=1S/C16H23BrN2/c1-19-8-2-3-16(11-19)18-15-7-5-12-9-14(17)6-4-13(12)10-15/h4,6,9,15-16,18H,2-3,5,7-8,10-11H2,1H3. The van der Waals surface area contributed by atoms with Gasteiger partial charge in [-0.25, -0.2) is 0 Å². The Hall–Kier alpha value is -0.380. The zero-order valence-corrected chi connectivity index (χ0v) is 13.2. The molecule has 2 nitrogen and oxygen atoms in total. The molecule has 3 rings (SSSR count). The first-order valence-electron chi connectivity index (χ1n) is 7.42. The number of aryl methyl sites for hydroxylation is 1. The average molecular weight is 323 g/mol. The van der Waals surface area contributed by atoms with E-state index in [2.05, 4.69) is 51.4 Å². The van der Waals surface area contributed by atoms with Crippen LogP contribution < -0.4 is 5.32 Å². The third-order valence-corrected chi connectivity index (χ3v) is 4.99. The van der Waals surface area contributed by atoms with Gasteiger partial charge in [-0.2, -0.15) is 0 Å². The minimum Gasteiger partial charge on any atom is -0.310 e. The van der Waals surface area contributed by atoms with Crippen LogP contribution in [0, 0.1) is 0 Å². The SMILES string of the molecule is CN1CCCC(NC2CCc3cc(Br)ccc3C2)C1. The van der Waals surface area contributed by atoms with Gasteiger partial charge in [-0.1, -0.05) is 22.0 Å². The second-order valence-electron chi connectivity index (χ2n) is 6.12. The average Bonchev–Trinajstić information content (AvgIpc) is 2.39. The summed E-state index contributed by atoms with van der Waals surface area (Å²) in [5.41, 5.74) is 3.07. The number of fused-ring (bicyclic) bond motifs is 1. The highest BCUT2D eigenvalue weighted by Crippen LogP contribution is 2.25. The first kappa shape index (κ1) is 13.6. The highest BCUT2D eigenvalue weighted by molar-refractivity contribution is 9.10. The summed E-state index contributed by atoms with van der Waals surface area (Å²) >= 11 is 3.57. The van der Waals surface area contributed by atoms with Gasteiger partial charge in [0.25, 0.3) is 0 Å². The number of hydrogen-bond acceptors (Lipinski definition) is 2. The Labute approximate surface area is 124 Å². The molecule has 2 atom stereocenters. The summed E-state index contributed by atoms with van der Waals surface area (Å²) in [7, 11) is 2.24. The van der Waals surface area contributed by atoms with Crippen molar-refractivity contribution in [1.29, 1.82) is 0 Å². The van der Waals surface area contributed by atoms with Crippen LogP contribution in [0.4, 0.5) is 0 Å². The van der Waals surface area contributed by atoms with Crippen molar-refractivity contribution >= 4 is 15.9 Å². The maximum Gasteiger partial charge on any atom is 0.0198 e. The van der Waals surface area contributed by atoms with Crippen LogP contribution in [0.25, 0.3) is 0 Å². The van der Waals surface area contributed by atoms with Crippen molar-refractivity contribution in [2.45, 2.75) is 44.2 Å². The van der Waals surface area contributed by atoms with E-state index in [1.165, 1.54) is 60.8 Å². The molecule has 1 fully saturated rings. The van der Waals surface area contributed by atoms with E-state index in [9.17, 15) is 0 Å². The zero-order chi connectivity index (χ0) is 13.2. The van der Waals surface area contributed by atoms with Gasteiger partial charge in [-0.15, -0.1) is 0 Å². The van der Waals surface area contributed by atoms with E-state index in [4.69, 9.17) is 0 Å². The number of nitrogens with one attached hydrogen (secondary N) is 1. The Kier molecular flexibility index (Phi) is 4.25. The maximum absolute atomic E-state index is 3.89. The fourth-order valence-corrected chi connectivity index (χ4v) is 3.91. The van der Waals surface area contributed by atoms with E-state index in [0.29, 0.717) is 12.1 Å². The third-order valence-electron chi connectivity index (χ3n) is 4.49. The monoisotopic (exact) mass is 322 g/mol. The smallest absolute Gasteiger partial charge is 0.0198 e. The number of rotatable bonds is 2. The van der Waals surface area contributed by atoms with Gasteiger partial charge >= 0.3 is 0 Å². The lowest BCUT2D eigenvalue weighted by atomic mass is 9.87. The van der Waals surface area contributed by atoms with Crippen LogP contribution in [0.5, 0.6) is 0 Å². The number of likely N-dealkylation sites (tertiary alicyclic amines) is 1. The lowest BCUT2D eigenvalue weighted by molar-refractivity contribution is 0.212. The van der Waals surface area contributed by atoms with Crippen molar-refractivity contribution in [2.75, 3.05) is 20.1 Å². The molecule has 0 amide bonds. The van der Waals surface area contributed by atoms with Crippen molar-refractivity contribution in [1.82, 2.24) is 10.2 Å². The topological polar surface area (TPSA) is 15.3 Å². The van der Waals surface area contributed by atoms with Crippen LogP contribution in [0.2, 0.25) is 0 Å². The molecule has 2 aliphatic rings. The number of piperidine rings is 1. The van der Waals surface area contributed by atoms with Gasteiger partial charge in [0.1, 0.15) is 0 Å². The molecule has 19 heavy (non-hydrogen) atoms. The minimum atomic E-state index is 0.671. The Morgan fingerprint density at radius 3 is 2.95 bits per heavy atom. The molecule has 1 aliphatic carbocycles. The van der Waals surface area contributed by atoms with Gasteiger partial charge in [0.05, 0.1) is 0 Å². The summed E-state index contributed by atoms with van der Waals surface area (Å²) < 4.78 is 1.21. The summed E-state index contributed by atoms with van der Waals surface area (Å²) in [5, 5.41) is 3.89. The van der Waals surface area contributed by atoms with Crippen molar-refractivity contribution in [3.63, 3.8) is 0 Å². The van der Waals surface area contributed by atoms with E-state index in [1.54, 1.807) is 0 Å². The summed E-state index contributed by atoms with van der Waals surface area (Å²) in [6.45, 7) is 2.48. The van der Waals surface area contributed by atoms with Crippen LogP contribution in [-0.4, -0.2) is 37.1 Å². The number of benzene rings is 1. The predicted octanol–water partition coefficient (Wildman–Crippen LogP) is 2.99. The highest BCUT2D eigenvalue weighted by atomic mass is 79.9. The minimum absolute atomic E-state index is 0.671. The Balaban J connectivity index is 1.61. The van der Waals surface area contributed by atoms with E-state index < -0.39 is 0 Å². The predicted molar refractivity (Wildman–Crippen MR) is 83.6 cm³/mol. The Morgan fingerprint density at radius 2 is 2.11 bits per heavy atom. The zero-order valence-electron chi connectivity index (χ0n) is 11.7. The summed E-state index contributed by atoms with van der Waals surface area (Å²) in [5.74, 6) is 0. The quantitative estimate of drug-likeness (QED) is 0.900. The van der Waals surface area contributed by atoms with Crippen LogP contribution >= 0.6 is 15.9 Å². The number of likely N-dealkylation sites (N-methyl/N-ethyl adjacent to an activating group) is 1. The molecule has 0 saturated carbocycles. The van der Waals surface area contributed by atoms with Gasteiger partial charge in [0.2, 0.25) is 0 Å². The summed E-state index contributed by atoms with van der Waals surface area (Å²) in [6.07, 6.45) is 6.37. The fraction of sp³-hybridized carbons (Fsp3) is 0.625. The highest BCUT2D eigenvalue weighted by Gasteiger charge is 2.23. The molecule has 2 unspecified atom stereocenters. The van der Waals surface area contributed by atoms with Crippen molar-refractivity contribution in [3.05, 3.63) is 33.8 Å². The first-order valence-corrected chi connectivity index (χ1v) is 8.22. The molecule has 0 radical (unpaired) electrons. The number of nitrogens with zero attached hydrogens (tertiary/aromatic N) is 1. The maximum atomic E-state index is 3.89. The van der Waals surface area contributed by atoms with Crippen LogP contribution in [-0.2, 0) is 12.8 Å². The molecule has 1 aromatic rings. The molecular formula is C16H23BrN2.